The summed E-state index contributed by atoms with van der Waals surface area (Å²) in [5.41, 5.74) is 0. The van der Waals surface area contributed by atoms with E-state index in [1.807, 2.05) is 0 Å². The average Bonchev–Trinajstić information content (AvgIpc) is 2.17. The first-order valence-electron chi connectivity index (χ1n) is 6.14. The first kappa shape index (κ1) is 12.0. The Bertz CT molecular complexity index is 139. The maximum Gasteiger partial charge on any atom is 0.00915 e. The van der Waals surface area contributed by atoms with E-state index in [0.717, 1.165) is 12.0 Å². The third-order valence-electron chi connectivity index (χ3n) is 3.26. The Morgan fingerprint density at radius 2 is 2.00 bits per heavy atom. The van der Waals surface area contributed by atoms with Crippen LogP contribution in [0.15, 0.2) is 0 Å². The molecule has 1 aliphatic heterocycles. The second kappa shape index (κ2) is 6.41. The largest absolute Gasteiger partial charge is 0.314 e. The van der Waals surface area contributed by atoms with Crippen LogP contribution in [0.3, 0.4) is 0 Å². The highest BCUT2D eigenvalue weighted by atomic mass is 15.1. The summed E-state index contributed by atoms with van der Waals surface area (Å²) in [4.78, 5) is 2.42. The van der Waals surface area contributed by atoms with Gasteiger partial charge in [0.25, 0.3) is 0 Å². The van der Waals surface area contributed by atoms with Crippen molar-refractivity contribution in [2.24, 2.45) is 5.92 Å². The molecule has 1 atom stereocenters. The SMILES string of the molecule is CCC[C@@H](C)CNC1CCN(C)CC1. The van der Waals surface area contributed by atoms with Crippen LogP contribution in [-0.4, -0.2) is 37.6 Å². The molecule has 0 aromatic carbocycles. The van der Waals surface area contributed by atoms with E-state index in [-0.39, 0.29) is 0 Å². The topological polar surface area (TPSA) is 15.3 Å². The summed E-state index contributed by atoms with van der Waals surface area (Å²) in [6.45, 7) is 8.36. The zero-order valence-corrected chi connectivity index (χ0v) is 10.1. The zero-order chi connectivity index (χ0) is 10.4. The molecule has 1 saturated heterocycles. The van der Waals surface area contributed by atoms with E-state index in [1.165, 1.54) is 45.3 Å². The fourth-order valence-electron chi connectivity index (χ4n) is 2.18. The third kappa shape index (κ3) is 4.43. The van der Waals surface area contributed by atoms with Crippen LogP contribution in [0.5, 0.6) is 0 Å². The number of likely N-dealkylation sites (tertiary alicyclic amines) is 1. The van der Waals surface area contributed by atoms with Gasteiger partial charge in [0.15, 0.2) is 0 Å². The second-order valence-corrected chi connectivity index (χ2v) is 4.88. The summed E-state index contributed by atoms with van der Waals surface area (Å²) in [6.07, 6.45) is 5.33. The van der Waals surface area contributed by atoms with Crippen molar-refractivity contribution in [1.29, 1.82) is 0 Å². The van der Waals surface area contributed by atoms with Gasteiger partial charge in [-0.05, 0) is 51.9 Å². The van der Waals surface area contributed by atoms with E-state index in [1.54, 1.807) is 0 Å². The van der Waals surface area contributed by atoms with Gasteiger partial charge in [0.05, 0.1) is 0 Å². The van der Waals surface area contributed by atoms with Crippen LogP contribution in [-0.2, 0) is 0 Å². The molecule has 0 aromatic rings. The molecule has 0 spiro atoms. The summed E-state index contributed by atoms with van der Waals surface area (Å²) in [6, 6.07) is 0.783. The lowest BCUT2D eigenvalue weighted by molar-refractivity contribution is 0.230. The van der Waals surface area contributed by atoms with Crippen LogP contribution in [0.1, 0.15) is 39.5 Å². The molecule has 0 radical (unpaired) electrons. The Balaban J connectivity index is 2.06. The highest BCUT2D eigenvalue weighted by Crippen LogP contribution is 2.10. The van der Waals surface area contributed by atoms with E-state index in [0.29, 0.717) is 0 Å². The van der Waals surface area contributed by atoms with Crippen LogP contribution < -0.4 is 5.32 Å². The minimum absolute atomic E-state index is 0.783. The molecule has 0 aliphatic carbocycles. The fraction of sp³-hybridized carbons (Fsp3) is 1.00. The van der Waals surface area contributed by atoms with Gasteiger partial charge in [-0.2, -0.15) is 0 Å². The van der Waals surface area contributed by atoms with Crippen molar-refractivity contribution in [3.05, 3.63) is 0 Å². The van der Waals surface area contributed by atoms with Gasteiger partial charge >= 0.3 is 0 Å². The molecule has 1 heterocycles. The van der Waals surface area contributed by atoms with Crippen molar-refractivity contribution < 1.29 is 0 Å². The minimum atomic E-state index is 0.783. The Kier molecular flexibility index (Phi) is 5.49. The van der Waals surface area contributed by atoms with Gasteiger partial charge in [0.1, 0.15) is 0 Å². The van der Waals surface area contributed by atoms with Crippen molar-refractivity contribution in [1.82, 2.24) is 10.2 Å². The molecule has 0 saturated carbocycles. The van der Waals surface area contributed by atoms with E-state index >= 15 is 0 Å². The van der Waals surface area contributed by atoms with Gasteiger partial charge in [0.2, 0.25) is 0 Å². The van der Waals surface area contributed by atoms with Gasteiger partial charge in [0, 0.05) is 6.04 Å². The Morgan fingerprint density at radius 3 is 2.57 bits per heavy atom. The molecule has 1 rings (SSSR count). The monoisotopic (exact) mass is 198 g/mol. The maximum atomic E-state index is 3.70. The van der Waals surface area contributed by atoms with Crippen molar-refractivity contribution >= 4 is 0 Å². The summed E-state index contributed by atoms with van der Waals surface area (Å²) in [7, 11) is 2.22. The first-order valence-corrected chi connectivity index (χ1v) is 6.14. The summed E-state index contributed by atoms with van der Waals surface area (Å²) >= 11 is 0. The van der Waals surface area contributed by atoms with Crippen molar-refractivity contribution in [3.8, 4) is 0 Å². The fourth-order valence-corrected chi connectivity index (χ4v) is 2.18. The molecule has 1 aliphatic rings. The zero-order valence-electron chi connectivity index (χ0n) is 10.1. The lowest BCUT2D eigenvalue weighted by Gasteiger charge is -2.30. The van der Waals surface area contributed by atoms with E-state index in [4.69, 9.17) is 0 Å². The Hall–Kier alpha value is -0.0800. The summed E-state index contributed by atoms with van der Waals surface area (Å²) < 4.78 is 0. The van der Waals surface area contributed by atoms with Crippen molar-refractivity contribution in [2.75, 3.05) is 26.7 Å². The van der Waals surface area contributed by atoms with E-state index in [9.17, 15) is 0 Å². The second-order valence-electron chi connectivity index (χ2n) is 4.88. The Morgan fingerprint density at radius 1 is 1.36 bits per heavy atom. The van der Waals surface area contributed by atoms with Gasteiger partial charge < -0.3 is 10.2 Å². The first-order chi connectivity index (χ1) is 6.72. The normalized spacial score (nSPS) is 22.5. The molecule has 1 N–H and O–H groups in total. The van der Waals surface area contributed by atoms with Crippen LogP contribution in [0.2, 0.25) is 0 Å². The van der Waals surface area contributed by atoms with Gasteiger partial charge in [-0.1, -0.05) is 20.3 Å². The number of nitrogens with one attached hydrogen (secondary N) is 1. The van der Waals surface area contributed by atoms with Crippen LogP contribution >= 0.6 is 0 Å². The molecule has 0 aromatic heterocycles. The van der Waals surface area contributed by atoms with Crippen LogP contribution in [0.25, 0.3) is 0 Å². The third-order valence-corrected chi connectivity index (χ3v) is 3.26. The standard InChI is InChI=1S/C12H26N2/c1-4-5-11(2)10-13-12-6-8-14(3)9-7-12/h11-13H,4-10H2,1-3H3/t11-/m1/s1. The molecule has 2 nitrogen and oxygen atoms in total. The average molecular weight is 198 g/mol. The minimum Gasteiger partial charge on any atom is -0.314 e. The lowest BCUT2D eigenvalue weighted by Crippen LogP contribution is -2.42. The molecule has 0 amide bonds. The predicted molar refractivity (Wildman–Crippen MR) is 62.6 cm³/mol. The lowest BCUT2D eigenvalue weighted by atomic mass is 10.0. The highest BCUT2D eigenvalue weighted by Gasteiger charge is 2.16. The highest BCUT2D eigenvalue weighted by molar-refractivity contribution is 4.75. The number of nitrogens with zero attached hydrogens (tertiary/aromatic N) is 1. The van der Waals surface area contributed by atoms with Gasteiger partial charge in [-0.3, -0.25) is 0 Å². The maximum absolute atomic E-state index is 3.70. The molecule has 0 unspecified atom stereocenters. The Labute approximate surface area is 89.1 Å². The predicted octanol–water partition coefficient (Wildman–Crippen LogP) is 2.11. The number of piperidine rings is 1. The molecular weight excluding hydrogens is 172 g/mol. The van der Waals surface area contributed by atoms with Crippen molar-refractivity contribution in [2.45, 2.75) is 45.6 Å². The van der Waals surface area contributed by atoms with Gasteiger partial charge in [-0.15, -0.1) is 0 Å². The molecule has 1 fully saturated rings. The molecule has 84 valence electrons. The smallest absolute Gasteiger partial charge is 0.00915 e. The number of hydrogen-bond acceptors (Lipinski definition) is 2. The molecular formula is C12H26N2. The van der Waals surface area contributed by atoms with Crippen LogP contribution in [0.4, 0.5) is 0 Å². The van der Waals surface area contributed by atoms with Crippen LogP contribution in [0, 0.1) is 5.92 Å². The number of rotatable bonds is 5. The number of hydrogen-bond donors (Lipinski definition) is 1. The molecule has 2 heteroatoms. The summed E-state index contributed by atoms with van der Waals surface area (Å²) in [5.74, 6) is 0.847. The van der Waals surface area contributed by atoms with Gasteiger partial charge in [-0.25, -0.2) is 0 Å². The van der Waals surface area contributed by atoms with E-state index in [2.05, 4.69) is 31.1 Å². The van der Waals surface area contributed by atoms with Crippen molar-refractivity contribution in [3.63, 3.8) is 0 Å². The molecule has 14 heavy (non-hydrogen) atoms. The van der Waals surface area contributed by atoms with E-state index < -0.39 is 0 Å². The summed E-state index contributed by atoms with van der Waals surface area (Å²) in [5, 5.41) is 3.70. The molecule has 0 bridgehead atoms. The quantitative estimate of drug-likeness (QED) is 0.728.